The minimum atomic E-state index is -0.966. The van der Waals surface area contributed by atoms with Gasteiger partial charge in [0.2, 0.25) is 0 Å². The number of carbonyl (C=O) groups is 2. The minimum Gasteiger partial charge on any atom is -0.463 e. The number of aliphatic hydroxyl groups excluding tert-OH is 1. The van der Waals surface area contributed by atoms with Crippen LogP contribution in [0.15, 0.2) is 12.2 Å². The average molecular weight is 595 g/mol. The first kappa shape index (κ1) is 38.6. The highest BCUT2D eigenvalue weighted by Crippen LogP contribution is 2.30. The summed E-state index contributed by atoms with van der Waals surface area (Å²) in [6.07, 6.45) is 32.9. The number of unbranched alkanes of at least 4 members (excludes halogenated alkanes) is 18. The number of esters is 2. The van der Waals surface area contributed by atoms with Crippen LogP contribution in [0.5, 0.6) is 0 Å². The van der Waals surface area contributed by atoms with E-state index in [1.807, 2.05) is 0 Å². The molecule has 6 heteroatoms. The molecule has 1 N–H and O–H groups in total. The molecule has 1 aliphatic rings. The summed E-state index contributed by atoms with van der Waals surface area (Å²) in [5, 5.41) is 9.97. The standard InChI is InChI=1S/C36H66O6/c1-3-5-7-8-9-10-11-12-13-17-20-24-28-35(38)40-30-32(37)31-41-36(39)29-25-21-18-15-14-16-19-23-27-34-33(42-34)26-22-6-4-2/h19,23,32-34,37H,3-18,20-22,24-31H2,1-2H3/b23-19-/t32-,33?,34?/m0/s1. The van der Waals surface area contributed by atoms with Crippen LogP contribution in [0.1, 0.15) is 174 Å². The van der Waals surface area contributed by atoms with Gasteiger partial charge in [-0.25, -0.2) is 0 Å². The molecule has 246 valence electrons. The molecule has 42 heavy (non-hydrogen) atoms. The molecule has 1 fully saturated rings. The topological polar surface area (TPSA) is 85.4 Å². The number of allylic oxidation sites excluding steroid dienone is 1. The van der Waals surface area contributed by atoms with Crippen LogP contribution in [0.2, 0.25) is 0 Å². The maximum atomic E-state index is 11.9. The van der Waals surface area contributed by atoms with Crippen molar-refractivity contribution in [2.24, 2.45) is 0 Å². The van der Waals surface area contributed by atoms with Gasteiger partial charge in [-0.15, -0.1) is 0 Å². The Labute approximate surface area is 258 Å². The van der Waals surface area contributed by atoms with Gasteiger partial charge in [-0.1, -0.05) is 135 Å². The van der Waals surface area contributed by atoms with Crippen LogP contribution in [0, 0.1) is 0 Å². The minimum absolute atomic E-state index is 0.119. The molecule has 1 aliphatic heterocycles. The van der Waals surface area contributed by atoms with Crippen LogP contribution >= 0.6 is 0 Å². The van der Waals surface area contributed by atoms with Gasteiger partial charge in [-0.2, -0.15) is 0 Å². The summed E-state index contributed by atoms with van der Waals surface area (Å²) < 4.78 is 16.0. The van der Waals surface area contributed by atoms with Gasteiger partial charge >= 0.3 is 11.9 Å². The van der Waals surface area contributed by atoms with E-state index in [0.717, 1.165) is 51.4 Å². The third-order valence-corrected chi connectivity index (χ3v) is 8.17. The number of aliphatic hydroxyl groups is 1. The zero-order valence-electron chi connectivity index (χ0n) is 27.5. The molecule has 2 unspecified atom stereocenters. The number of rotatable bonds is 31. The van der Waals surface area contributed by atoms with Gasteiger partial charge in [0.15, 0.2) is 0 Å². The van der Waals surface area contributed by atoms with Gasteiger partial charge in [-0.3, -0.25) is 9.59 Å². The summed E-state index contributed by atoms with van der Waals surface area (Å²) >= 11 is 0. The Morgan fingerprint density at radius 3 is 1.60 bits per heavy atom. The lowest BCUT2D eigenvalue weighted by Gasteiger charge is -2.12. The fourth-order valence-electron chi connectivity index (χ4n) is 5.33. The van der Waals surface area contributed by atoms with Crippen molar-refractivity contribution >= 4 is 11.9 Å². The molecule has 0 radical (unpaired) electrons. The Morgan fingerprint density at radius 2 is 1.07 bits per heavy atom. The smallest absolute Gasteiger partial charge is 0.305 e. The van der Waals surface area contributed by atoms with Gasteiger partial charge < -0.3 is 19.3 Å². The number of epoxide rings is 1. The fourth-order valence-corrected chi connectivity index (χ4v) is 5.33. The number of carbonyl (C=O) groups excluding carboxylic acids is 2. The largest absolute Gasteiger partial charge is 0.463 e. The Morgan fingerprint density at radius 1 is 0.619 bits per heavy atom. The summed E-state index contributed by atoms with van der Waals surface area (Å²) in [6, 6.07) is 0. The molecule has 3 atom stereocenters. The van der Waals surface area contributed by atoms with Crippen molar-refractivity contribution in [1.82, 2.24) is 0 Å². The molecular formula is C36H66O6. The van der Waals surface area contributed by atoms with Crippen molar-refractivity contribution < 1.29 is 28.9 Å². The number of ether oxygens (including phenoxy) is 3. The monoisotopic (exact) mass is 594 g/mol. The molecule has 1 saturated heterocycles. The van der Waals surface area contributed by atoms with Crippen LogP contribution in [0.25, 0.3) is 0 Å². The zero-order chi connectivity index (χ0) is 30.5. The lowest BCUT2D eigenvalue weighted by Crippen LogP contribution is -2.25. The van der Waals surface area contributed by atoms with E-state index in [0.29, 0.717) is 25.0 Å². The number of hydrogen-bond acceptors (Lipinski definition) is 6. The summed E-state index contributed by atoms with van der Waals surface area (Å²) in [5.74, 6) is -0.582. The summed E-state index contributed by atoms with van der Waals surface area (Å²) in [6.45, 7) is 4.25. The predicted octanol–water partition coefficient (Wildman–Crippen LogP) is 9.55. The van der Waals surface area contributed by atoms with E-state index in [1.165, 1.54) is 96.3 Å². The molecule has 6 nitrogen and oxygen atoms in total. The summed E-state index contributed by atoms with van der Waals surface area (Å²) in [7, 11) is 0. The van der Waals surface area contributed by atoms with Gasteiger partial charge in [0.05, 0.1) is 12.2 Å². The van der Waals surface area contributed by atoms with Crippen LogP contribution < -0.4 is 0 Å². The van der Waals surface area contributed by atoms with E-state index in [2.05, 4.69) is 26.0 Å². The third-order valence-electron chi connectivity index (χ3n) is 8.17. The SMILES string of the molecule is CCCCCCCCCCCCCCC(=O)OC[C@H](O)COC(=O)CCCCCCC/C=C\CC1OC1CCCCC. The number of hydrogen-bond donors (Lipinski definition) is 1. The van der Waals surface area contributed by atoms with Gasteiger partial charge in [0.1, 0.15) is 19.3 Å². The Kier molecular flexibility index (Phi) is 26.1. The first-order chi connectivity index (χ1) is 20.6. The van der Waals surface area contributed by atoms with Crippen LogP contribution in [-0.4, -0.2) is 48.6 Å². The third kappa shape index (κ3) is 25.1. The van der Waals surface area contributed by atoms with E-state index in [-0.39, 0.29) is 25.2 Å². The molecule has 0 saturated carbocycles. The molecular weight excluding hydrogens is 528 g/mol. The first-order valence-corrected chi connectivity index (χ1v) is 17.9. The van der Waals surface area contributed by atoms with Crippen molar-refractivity contribution in [2.45, 2.75) is 193 Å². The van der Waals surface area contributed by atoms with E-state index < -0.39 is 6.10 Å². The lowest BCUT2D eigenvalue weighted by atomic mass is 10.0. The summed E-state index contributed by atoms with van der Waals surface area (Å²) in [4.78, 5) is 23.8. The van der Waals surface area contributed by atoms with E-state index >= 15 is 0 Å². The second kappa shape index (κ2) is 28.4. The highest BCUT2D eigenvalue weighted by molar-refractivity contribution is 5.69. The second-order valence-electron chi connectivity index (χ2n) is 12.4. The Balaban J connectivity index is 1.82. The van der Waals surface area contributed by atoms with Crippen molar-refractivity contribution in [3.8, 4) is 0 Å². The normalized spacial score (nSPS) is 17.0. The van der Waals surface area contributed by atoms with E-state index in [4.69, 9.17) is 14.2 Å². The van der Waals surface area contributed by atoms with Crippen molar-refractivity contribution in [3.63, 3.8) is 0 Å². The highest BCUT2D eigenvalue weighted by Gasteiger charge is 2.36. The quantitative estimate of drug-likeness (QED) is 0.0372. The van der Waals surface area contributed by atoms with Crippen LogP contribution in [0.3, 0.4) is 0 Å². The fraction of sp³-hybridized carbons (Fsp3) is 0.889. The van der Waals surface area contributed by atoms with Crippen molar-refractivity contribution in [1.29, 1.82) is 0 Å². The predicted molar refractivity (Wildman–Crippen MR) is 172 cm³/mol. The van der Waals surface area contributed by atoms with Gasteiger partial charge in [-0.05, 0) is 38.5 Å². The highest BCUT2D eigenvalue weighted by atomic mass is 16.6. The van der Waals surface area contributed by atoms with Crippen LogP contribution in [0.4, 0.5) is 0 Å². The molecule has 0 amide bonds. The second-order valence-corrected chi connectivity index (χ2v) is 12.4. The molecule has 0 aliphatic carbocycles. The molecule has 0 aromatic heterocycles. The van der Waals surface area contributed by atoms with E-state index in [9.17, 15) is 14.7 Å². The molecule has 0 spiro atoms. The van der Waals surface area contributed by atoms with Crippen molar-refractivity contribution in [2.75, 3.05) is 13.2 Å². The first-order valence-electron chi connectivity index (χ1n) is 17.9. The van der Waals surface area contributed by atoms with E-state index in [1.54, 1.807) is 0 Å². The van der Waals surface area contributed by atoms with Gasteiger partial charge in [0, 0.05) is 12.8 Å². The van der Waals surface area contributed by atoms with Crippen LogP contribution in [-0.2, 0) is 23.8 Å². The van der Waals surface area contributed by atoms with Crippen molar-refractivity contribution in [3.05, 3.63) is 12.2 Å². The van der Waals surface area contributed by atoms with Gasteiger partial charge in [0.25, 0.3) is 0 Å². The lowest BCUT2D eigenvalue weighted by molar-refractivity contribution is -0.152. The molecule has 1 heterocycles. The Hall–Kier alpha value is -1.40. The molecule has 0 aromatic rings. The summed E-state index contributed by atoms with van der Waals surface area (Å²) in [5.41, 5.74) is 0. The molecule has 1 rings (SSSR count). The average Bonchev–Trinajstić information content (AvgIpc) is 3.74. The maximum absolute atomic E-state index is 11.9. The zero-order valence-corrected chi connectivity index (χ0v) is 27.5. The maximum Gasteiger partial charge on any atom is 0.305 e. The Bertz CT molecular complexity index is 663. The molecule has 0 aromatic carbocycles. The molecule has 0 bridgehead atoms.